The molecule has 0 aromatic carbocycles. The highest BCUT2D eigenvalue weighted by Crippen LogP contribution is 2.20. The van der Waals surface area contributed by atoms with Gasteiger partial charge in [-0.05, 0) is 52.2 Å². The SMILES string of the molecule is CCN1CC(C)N(CC2CCNCC2)CC1C. The maximum Gasteiger partial charge on any atom is 0.0195 e. The van der Waals surface area contributed by atoms with Crippen LogP contribution in [0.1, 0.15) is 33.6 Å². The maximum atomic E-state index is 3.46. The Morgan fingerprint density at radius 3 is 2.24 bits per heavy atom. The molecule has 0 amide bonds. The predicted octanol–water partition coefficient (Wildman–Crippen LogP) is 1.40. The zero-order valence-electron chi connectivity index (χ0n) is 11.8. The monoisotopic (exact) mass is 239 g/mol. The van der Waals surface area contributed by atoms with Gasteiger partial charge in [0.05, 0.1) is 0 Å². The number of piperazine rings is 1. The number of rotatable bonds is 3. The summed E-state index contributed by atoms with van der Waals surface area (Å²) < 4.78 is 0. The summed E-state index contributed by atoms with van der Waals surface area (Å²) in [5.41, 5.74) is 0. The molecule has 0 aliphatic carbocycles. The topological polar surface area (TPSA) is 18.5 Å². The van der Waals surface area contributed by atoms with Crippen LogP contribution in [-0.4, -0.2) is 61.2 Å². The zero-order chi connectivity index (χ0) is 12.3. The van der Waals surface area contributed by atoms with Crippen LogP contribution in [0.25, 0.3) is 0 Å². The highest BCUT2D eigenvalue weighted by molar-refractivity contribution is 4.85. The Morgan fingerprint density at radius 2 is 1.59 bits per heavy atom. The molecule has 0 saturated carbocycles. The first kappa shape index (κ1) is 13.3. The fourth-order valence-electron chi connectivity index (χ4n) is 3.36. The quantitative estimate of drug-likeness (QED) is 0.803. The van der Waals surface area contributed by atoms with Crippen molar-refractivity contribution in [2.24, 2.45) is 5.92 Å². The zero-order valence-corrected chi connectivity index (χ0v) is 11.8. The number of hydrogen-bond acceptors (Lipinski definition) is 3. The van der Waals surface area contributed by atoms with E-state index >= 15 is 0 Å². The number of likely N-dealkylation sites (N-methyl/N-ethyl adjacent to an activating group) is 1. The summed E-state index contributed by atoms with van der Waals surface area (Å²) in [7, 11) is 0. The van der Waals surface area contributed by atoms with Gasteiger partial charge in [-0.1, -0.05) is 6.92 Å². The lowest BCUT2D eigenvalue weighted by Crippen LogP contribution is -2.57. The molecule has 2 unspecified atom stereocenters. The summed E-state index contributed by atoms with van der Waals surface area (Å²) in [4.78, 5) is 5.34. The lowest BCUT2D eigenvalue weighted by molar-refractivity contribution is 0.0329. The van der Waals surface area contributed by atoms with Crippen LogP contribution < -0.4 is 5.32 Å². The van der Waals surface area contributed by atoms with Crippen molar-refractivity contribution in [1.29, 1.82) is 0 Å². The molecule has 3 nitrogen and oxygen atoms in total. The Kier molecular flexibility index (Phi) is 4.83. The minimum Gasteiger partial charge on any atom is -0.317 e. The van der Waals surface area contributed by atoms with Gasteiger partial charge in [0.25, 0.3) is 0 Å². The molecule has 2 saturated heterocycles. The largest absolute Gasteiger partial charge is 0.317 e. The van der Waals surface area contributed by atoms with Gasteiger partial charge in [-0.3, -0.25) is 9.80 Å². The highest BCUT2D eigenvalue weighted by atomic mass is 15.3. The number of nitrogens with zero attached hydrogens (tertiary/aromatic N) is 2. The second-order valence-electron chi connectivity index (χ2n) is 5.93. The first-order chi connectivity index (χ1) is 8.20. The van der Waals surface area contributed by atoms with Gasteiger partial charge in [-0.25, -0.2) is 0 Å². The Balaban J connectivity index is 1.83. The van der Waals surface area contributed by atoms with Gasteiger partial charge in [0.1, 0.15) is 0 Å². The van der Waals surface area contributed by atoms with Crippen molar-refractivity contribution in [3.8, 4) is 0 Å². The number of hydrogen-bond donors (Lipinski definition) is 1. The molecular weight excluding hydrogens is 210 g/mol. The number of piperidine rings is 1. The van der Waals surface area contributed by atoms with E-state index in [1.807, 2.05) is 0 Å². The van der Waals surface area contributed by atoms with Crippen LogP contribution in [0.5, 0.6) is 0 Å². The van der Waals surface area contributed by atoms with E-state index in [0.717, 1.165) is 18.0 Å². The van der Waals surface area contributed by atoms with Gasteiger partial charge < -0.3 is 5.32 Å². The third-order valence-electron chi connectivity index (χ3n) is 4.60. The Morgan fingerprint density at radius 1 is 1.00 bits per heavy atom. The fraction of sp³-hybridized carbons (Fsp3) is 1.00. The molecule has 2 fully saturated rings. The summed E-state index contributed by atoms with van der Waals surface area (Å²) in [6, 6.07) is 1.47. The van der Waals surface area contributed by atoms with Crippen LogP contribution in [0.3, 0.4) is 0 Å². The molecule has 17 heavy (non-hydrogen) atoms. The highest BCUT2D eigenvalue weighted by Gasteiger charge is 2.29. The summed E-state index contributed by atoms with van der Waals surface area (Å²) in [6.45, 7) is 14.6. The van der Waals surface area contributed by atoms with Crippen molar-refractivity contribution >= 4 is 0 Å². The molecular formula is C14H29N3. The molecule has 0 aromatic heterocycles. The second-order valence-corrected chi connectivity index (χ2v) is 5.93. The van der Waals surface area contributed by atoms with E-state index in [9.17, 15) is 0 Å². The molecule has 0 aromatic rings. The molecule has 2 atom stereocenters. The minimum absolute atomic E-state index is 0.734. The molecule has 0 spiro atoms. The third-order valence-corrected chi connectivity index (χ3v) is 4.60. The average molecular weight is 239 g/mol. The summed E-state index contributed by atoms with van der Waals surface area (Å²) in [6.07, 6.45) is 2.74. The van der Waals surface area contributed by atoms with E-state index in [1.165, 1.54) is 52.1 Å². The predicted molar refractivity (Wildman–Crippen MR) is 73.3 cm³/mol. The van der Waals surface area contributed by atoms with Gasteiger partial charge in [0.2, 0.25) is 0 Å². The summed E-state index contributed by atoms with van der Waals surface area (Å²) in [5, 5.41) is 3.46. The average Bonchev–Trinajstić information content (AvgIpc) is 2.34. The van der Waals surface area contributed by atoms with Crippen LogP contribution >= 0.6 is 0 Å². The van der Waals surface area contributed by atoms with E-state index in [2.05, 4.69) is 35.9 Å². The Labute approximate surface area is 107 Å². The van der Waals surface area contributed by atoms with Gasteiger partial charge in [0.15, 0.2) is 0 Å². The molecule has 0 radical (unpaired) electrons. The van der Waals surface area contributed by atoms with Gasteiger partial charge >= 0.3 is 0 Å². The summed E-state index contributed by atoms with van der Waals surface area (Å²) in [5.74, 6) is 0.930. The van der Waals surface area contributed by atoms with Crippen molar-refractivity contribution in [3.63, 3.8) is 0 Å². The van der Waals surface area contributed by atoms with Crippen LogP contribution in [0, 0.1) is 5.92 Å². The van der Waals surface area contributed by atoms with Crippen molar-refractivity contribution in [3.05, 3.63) is 0 Å². The first-order valence-electron chi connectivity index (χ1n) is 7.39. The molecule has 100 valence electrons. The molecule has 1 N–H and O–H groups in total. The molecule has 2 rings (SSSR count). The normalized spacial score (nSPS) is 34.1. The maximum absolute atomic E-state index is 3.46. The Hall–Kier alpha value is -0.120. The van der Waals surface area contributed by atoms with E-state index in [4.69, 9.17) is 0 Å². The van der Waals surface area contributed by atoms with Crippen LogP contribution in [0.2, 0.25) is 0 Å². The number of nitrogens with one attached hydrogen (secondary N) is 1. The van der Waals surface area contributed by atoms with E-state index in [-0.39, 0.29) is 0 Å². The molecule has 0 bridgehead atoms. The molecule has 2 heterocycles. The van der Waals surface area contributed by atoms with Gasteiger partial charge in [-0.2, -0.15) is 0 Å². The lowest BCUT2D eigenvalue weighted by atomic mass is 9.96. The lowest BCUT2D eigenvalue weighted by Gasteiger charge is -2.45. The Bertz CT molecular complexity index is 226. The van der Waals surface area contributed by atoms with E-state index < -0.39 is 0 Å². The van der Waals surface area contributed by atoms with Crippen molar-refractivity contribution < 1.29 is 0 Å². The second kappa shape index (κ2) is 6.17. The van der Waals surface area contributed by atoms with Gasteiger partial charge in [-0.15, -0.1) is 0 Å². The third kappa shape index (κ3) is 3.43. The standard InChI is InChI=1S/C14H29N3/c1-4-16-9-13(3)17(10-12(16)2)11-14-5-7-15-8-6-14/h12-15H,4-11H2,1-3H3. The summed E-state index contributed by atoms with van der Waals surface area (Å²) >= 11 is 0. The van der Waals surface area contributed by atoms with Crippen LogP contribution in [0.15, 0.2) is 0 Å². The van der Waals surface area contributed by atoms with E-state index in [0.29, 0.717) is 0 Å². The van der Waals surface area contributed by atoms with Gasteiger partial charge in [0, 0.05) is 31.7 Å². The van der Waals surface area contributed by atoms with Crippen molar-refractivity contribution in [1.82, 2.24) is 15.1 Å². The smallest absolute Gasteiger partial charge is 0.0195 e. The first-order valence-corrected chi connectivity index (χ1v) is 7.39. The molecule has 3 heteroatoms. The van der Waals surface area contributed by atoms with Crippen LogP contribution in [-0.2, 0) is 0 Å². The van der Waals surface area contributed by atoms with Crippen molar-refractivity contribution in [2.75, 3.05) is 39.3 Å². The van der Waals surface area contributed by atoms with Crippen molar-refractivity contribution in [2.45, 2.75) is 45.7 Å². The molecule has 2 aliphatic heterocycles. The van der Waals surface area contributed by atoms with Crippen LogP contribution in [0.4, 0.5) is 0 Å². The molecule has 2 aliphatic rings. The fourth-order valence-corrected chi connectivity index (χ4v) is 3.36. The van der Waals surface area contributed by atoms with E-state index in [1.54, 1.807) is 0 Å². The minimum atomic E-state index is 0.734.